The Morgan fingerprint density at radius 2 is 1.96 bits per heavy atom. The van der Waals surface area contributed by atoms with Crippen molar-refractivity contribution < 1.29 is 9.26 Å². The van der Waals surface area contributed by atoms with E-state index in [0.717, 1.165) is 34.3 Å². The molecular weight excluding hydrogens is 292 g/mol. The molecule has 6 nitrogen and oxygen atoms in total. The van der Waals surface area contributed by atoms with E-state index in [1.165, 1.54) is 6.33 Å². The van der Waals surface area contributed by atoms with Crippen molar-refractivity contribution in [1.29, 1.82) is 0 Å². The van der Waals surface area contributed by atoms with Crippen LogP contribution in [0.25, 0.3) is 11.3 Å². The van der Waals surface area contributed by atoms with Crippen LogP contribution in [0.15, 0.2) is 47.2 Å². The molecule has 6 heteroatoms. The summed E-state index contributed by atoms with van der Waals surface area (Å²) in [6, 6.07) is 11.6. The van der Waals surface area contributed by atoms with Gasteiger partial charge in [0.1, 0.15) is 30.3 Å². The van der Waals surface area contributed by atoms with Crippen LogP contribution in [0.1, 0.15) is 11.5 Å². The highest BCUT2D eigenvalue weighted by Crippen LogP contribution is 2.25. The topological polar surface area (TPSA) is 73.1 Å². The first-order valence-corrected chi connectivity index (χ1v) is 7.41. The van der Waals surface area contributed by atoms with Crippen LogP contribution < -0.4 is 10.1 Å². The lowest BCUT2D eigenvalue weighted by Gasteiger charge is -2.08. The third-order valence-corrected chi connectivity index (χ3v) is 3.38. The van der Waals surface area contributed by atoms with Gasteiger partial charge in [-0.2, -0.15) is 0 Å². The third-order valence-electron chi connectivity index (χ3n) is 3.38. The molecule has 0 radical (unpaired) electrons. The number of rotatable bonds is 6. The zero-order valence-electron chi connectivity index (χ0n) is 13.1. The van der Waals surface area contributed by atoms with Gasteiger partial charge in [-0.05, 0) is 26.0 Å². The van der Waals surface area contributed by atoms with E-state index >= 15 is 0 Å². The summed E-state index contributed by atoms with van der Waals surface area (Å²) in [5, 5.41) is 7.18. The second-order valence-corrected chi connectivity index (χ2v) is 5.08. The maximum absolute atomic E-state index is 5.64. The molecule has 1 aromatic carbocycles. The lowest BCUT2D eigenvalue weighted by molar-refractivity contribution is 0.333. The van der Waals surface area contributed by atoms with Gasteiger partial charge < -0.3 is 14.6 Å². The molecule has 0 saturated carbocycles. The second kappa shape index (κ2) is 6.91. The van der Waals surface area contributed by atoms with Crippen molar-refractivity contribution in [3.8, 4) is 17.0 Å². The van der Waals surface area contributed by atoms with Crippen LogP contribution in [0, 0.1) is 13.8 Å². The third kappa shape index (κ3) is 3.66. The van der Waals surface area contributed by atoms with Gasteiger partial charge >= 0.3 is 0 Å². The molecule has 2 aromatic heterocycles. The fourth-order valence-corrected chi connectivity index (χ4v) is 2.30. The highest BCUT2D eigenvalue weighted by Gasteiger charge is 2.13. The summed E-state index contributed by atoms with van der Waals surface area (Å²) in [5.74, 6) is 2.35. The van der Waals surface area contributed by atoms with Crippen molar-refractivity contribution in [2.45, 2.75) is 13.8 Å². The van der Waals surface area contributed by atoms with Gasteiger partial charge in [-0.1, -0.05) is 23.4 Å². The van der Waals surface area contributed by atoms with Gasteiger partial charge in [-0.25, -0.2) is 9.97 Å². The average molecular weight is 310 g/mol. The van der Waals surface area contributed by atoms with E-state index in [-0.39, 0.29) is 0 Å². The van der Waals surface area contributed by atoms with E-state index in [0.29, 0.717) is 13.2 Å². The normalized spacial score (nSPS) is 10.5. The van der Waals surface area contributed by atoms with Crippen molar-refractivity contribution >= 4 is 5.82 Å². The minimum Gasteiger partial charge on any atom is -0.492 e. The lowest BCUT2D eigenvalue weighted by atomic mass is 10.1. The summed E-state index contributed by atoms with van der Waals surface area (Å²) < 4.78 is 10.8. The SMILES string of the molecule is Cc1noc(C)c1-c1cc(NCCOc2ccccc2)ncn1. The Morgan fingerprint density at radius 1 is 1.13 bits per heavy atom. The molecule has 0 aliphatic heterocycles. The van der Waals surface area contributed by atoms with Gasteiger partial charge in [0.05, 0.1) is 23.5 Å². The van der Waals surface area contributed by atoms with Gasteiger partial charge in [0.25, 0.3) is 0 Å². The molecule has 0 aliphatic carbocycles. The number of aryl methyl sites for hydroxylation is 2. The zero-order valence-corrected chi connectivity index (χ0v) is 13.1. The first kappa shape index (κ1) is 15.0. The molecule has 0 aliphatic rings. The predicted molar refractivity (Wildman–Crippen MR) is 87.4 cm³/mol. The number of anilines is 1. The standard InChI is InChI=1S/C17H18N4O2/c1-12-17(13(2)23-21-12)15-10-16(20-11-19-15)18-8-9-22-14-6-4-3-5-7-14/h3-7,10-11H,8-9H2,1-2H3,(H,18,19,20). The van der Waals surface area contributed by atoms with Crippen LogP contribution in [0.3, 0.4) is 0 Å². The highest BCUT2D eigenvalue weighted by molar-refractivity contribution is 5.65. The number of hydrogen-bond acceptors (Lipinski definition) is 6. The molecule has 0 spiro atoms. The Bertz CT molecular complexity index is 752. The summed E-state index contributed by atoms with van der Waals surface area (Å²) in [7, 11) is 0. The van der Waals surface area contributed by atoms with Crippen LogP contribution in [0.2, 0.25) is 0 Å². The Labute approximate surface area is 134 Å². The monoisotopic (exact) mass is 310 g/mol. The first-order chi connectivity index (χ1) is 11.2. The lowest BCUT2D eigenvalue weighted by Crippen LogP contribution is -2.12. The van der Waals surface area contributed by atoms with Gasteiger partial charge in [-0.15, -0.1) is 0 Å². The quantitative estimate of drug-likeness (QED) is 0.705. The molecule has 0 bridgehead atoms. The van der Waals surface area contributed by atoms with E-state index < -0.39 is 0 Å². The Hall–Kier alpha value is -2.89. The predicted octanol–water partition coefficient (Wildman–Crippen LogP) is 3.24. The van der Waals surface area contributed by atoms with E-state index in [1.54, 1.807) is 0 Å². The minimum atomic E-state index is 0.550. The summed E-state index contributed by atoms with van der Waals surface area (Å²) >= 11 is 0. The van der Waals surface area contributed by atoms with Crippen LogP contribution in [0.4, 0.5) is 5.82 Å². The molecule has 2 heterocycles. The Balaban J connectivity index is 1.60. The number of hydrogen-bond donors (Lipinski definition) is 1. The molecule has 0 fully saturated rings. The van der Waals surface area contributed by atoms with Crippen molar-refractivity contribution in [2.75, 3.05) is 18.5 Å². The molecule has 0 unspecified atom stereocenters. The van der Waals surface area contributed by atoms with Crippen LogP contribution in [0.5, 0.6) is 5.75 Å². The van der Waals surface area contributed by atoms with Crippen LogP contribution >= 0.6 is 0 Å². The largest absolute Gasteiger partial charge is 0.492 e. The average Bonchev–Trinajstić information content (AvgIpc) is 2.92. The van der Waals surface area contributed by atoms with Gasteiger partial charge in [0.2, 0.25) is 0 Å². The number of nitrogens with one attached hydrogen (secondary N) is 1. The summed E-state index contributed by atoms with van der Waals surface area (Å²) in [6.07, 6.45) is 1.53. The van der Waals surface area contributed by atoms with Crippen LogP contribution in [-0.2, 0) is 0 Å². The zero-order chi connectivity index (χ0) is 16.1. The minimum absolute atomic E-state index is 0.550. The fourth-order valence-electron chi connectivity index (χ4n) is 2.30. The second-order valence-electron chi connectivity index (χ2n) is 5.08. The van der Waals surface area contributed by atoms with Gasteiger partial charge in [0.15, 0.2) is 0 Å². The van der Waals surface area contributed by atoms with E-state index in [9.17, 15) is 0 Å². The number of nitrogens with zero attached hydrogens (tertiary/aromatic N) is 3. The van der Waals surface area contributed by atoms with E-state index in [2.05, 4.69) is 20.4 Å². The van der Waals surface area contributed by atoms with Gasteiger partial charge in [0, 0.05) is 6.07 Å². The summed E-state index contributed by atoms with van der Waals surface area (Å²) in [5.41, 5.74) is 2.53. The number of aromatic nitrogens is 3. The maximum Gasteiger partial charge on any atom is 0.143 e. The molecule has 1 N–H and O–H groups in total. The molecular formula is C17H18N4O2. The smallest absolute Gasteiger partial charge is 0.143 e. The maximum atomic E-state index is 5.64. The first-order valence-electron chi connectivity index (χ1n) is 7.41. The van der Waals surface area contributed by atoms with Crippen molar-refractivity contribution in [2.24, 2.45) is 0 Å². The van der Waals surface area contributed by atoms with Crippen molar-refractivity contribution in [3.63, 3.8) is 0 Å². The van der Waals surface area contributed by atoms with Gasteiger partial charge in [-0.3, -0.25) is 0 Å². The van der Waals surface area contributed by atoms with E-state index in [4.69, 9.17) is 9.26 Å². The molecule has 3 aromatic rings. The number of ether oxygens (including phenoxy) is 1. The molecule has 0 atom stereocenters. The van der Waals surface area contributed by atoms with Crippen molar-refractivity contribution in [1.82, 2.24) is 15.1 Å². The molecule has 118 valence electrons. The Morgan fingerprint density at radius 3 is 2.70 bits per heavy atom. The van der Waals surface area contributed by atoms with Crippen molar-refractivity contribution in [3.05, 3.63) is 54.2 Å². The van der Waals surface area contributed by atoms with E-state index in [1.807, 2.05) is 50.2 Å². The summed E-state index contributed by atoms with van der Waals surface area (Å²) in [4.78, 5) is 8.52. The Kier molecular flexibility index (Phi) is 4.52. The molecule has 3 rings (SSSR count). The fraction of sp³-hybridized carbons (Fsp3) is 0.235. The van der Waals surface area contributed by atoms with Crippen LogP contribution in [-0.4, -0.2) is 28.3 Å². The highest BCUT2D eigenvalue weighted by atomic mass is 16.5. The summed E-state index contributed by atoms with van der Waals surface area (Å²) in [6.45, 7) is 4.97. The number of benzene rings is 1. The number of para-hydroxylation sites is 1. The molecule has 23 heavy (non-hydrogen) atoms. The molecule has 0 amide bonds. The molecule has 0 saturated heterocycles.